The second-order valence-corrected chi connectivity index (χ2v) is 4.13. The number of carboxylic acids is 1. The largest absolute Gasteiger partial charge is 0.480 e. The van der Waals surface area contributed by atoms with Crippen LogP contribution in [-0.2, 0) is 14.3 Å². The van der Waals surface area contributed by atoms with E-state index >= 15 is 0 Å². The summed E-state index contributed by atoms with van der Waals surface area (Å²) >= 11 is 0. The zero-order chi connectivity index (χ0) is 12.0. The Balaban J connectivity index is 2.61. The molecule has 0 spiro atoms. The number of nitrogens with one attached hydrogen (secondary N) is 1. The summed E-state index contributed by atoms with van der Waals surface area (Å²) in [5, 5.41) is 12.2. The number of hydrogen-bond acceptors (Lipinski definition) is 4. The van der Waals surface area contributed by atoms with Gasteiger partial charge in [0.25, 0.3) is 0 Å². The Morgan fingerprint density at radius 1 is 1.38 bits per heavy atom. The summed E-state index contributed by atoms with van der Waals surface area (Å²) in [5.74, 6) is -1.63. The number of carbonyl (C=O) groups excluding carboxylic acids is 1. The number of unbranched alkanes of at least 4 members (excludes halogenated alkanes) is 1. The molecule has 0 atom stereocenters. The van der Waals surface area contributed by atoms with Crippen LogP contribution in [0.1, 0.15) is 32.6 Å². The molecule has 0 radical (unpaired) electrons. The molecule has 5 nitrogen and oxygen atoms in total. The Labute approximate surface area is 95.2 Å². The number of esters is 1. The molecule has 0 aromatic rings. The Morgan fingerprint density at radius 2 is 2.00 bits per heavy atom. The molecular weight excluding hydrogens is 210 g/mol. The summed E-state index contributed by atoms with van der Waals surface area (Å²) in [4.78, 5) is 23.0. The topological polar surface area (TPSA) is 75.6 Å². The van der Waals surface area contributed by atoms with Crippen LogP contribution in [0.4, 0.5) is 0 Å². The highest BCUT2D eigenvalue weighted by Crippen LogP contribution is 2.30. The first-order valence-corrected chi connectivity index (χ1v) is 5.75. The third kappa shape index (κ3) is 2.72. The van der Waals surface area contributed by atoms with Gasteiger partial charge in [-0.2, -0.15) is 0 Å². The molecule has 1 saturated heterocycles. The summed E-state index contributed by atoms with van der Waals surface area (Å²) < 4.78 is 5.04. The highest BCUT2D eigenvalue weighted by Gasteiger charge is 2.48. The lowest BCUT2D eigenvalue weighted by Crippen LogP contribution is -2.48. The Bertz CT molecular complexity index is 259. The van der Waals surface area contributed by atoms with E-state index in [2.05, 4.69) is 5.32 Å². The quantitative estimate of drug-likeness (QED) is 0.414. The van der Waals surface area contributed by atoms with E-state index in [1.165, 1.54) is 0 Å². The molecule has 1 fully saturated rings. The number of hydrogen-bond donors (Lipinski definition) is 2. The number of aliphatic carboxylic acids is 1. The van der Waals surface area contributed by atoms with Gasteiger partial charge in [-0.15, -0.1) is 0 Å². The van der Waals surface area contributed by atoms with Gasteiger partial charge in [-0.1, -0.05) is 13.3 Å². The van der Waals surface area contributed by atoms with Crippen LogP contribution in [0.2, 0.25) is 0 Å². The van der Waals surface area contributed by atoms with Crippen LogP contribution in [-0.4, -0.2) is 36.7 Å². The molecule has 16 heavy (non-hydrogen) atoms. The zero-order valence-electron chi connectivity index (χ0n) is 9.62. The van der Waals surface area contributed by atoms with E-state index in [0.717, 1.165) is 12.8 Å². The van der Waals surface area contributed by atoms with Crippen molar-refractivity contribution in [2.45, 2.75) is 32.6 Å². The van der Waals surface area contributed by atoms with Crippen molar-refractivity contribution in [3.63, 3.8) is 0 Å². The molecule has 0 bridgehead atoms. The lowest BCUT2D eigenvalue weighted by Gasteiger charge is -2.31. The van der Waals surface area contributed by atoms with E-state index in [0.29, 0.717) is 32.5 Å². The van der Waals surface area contributed by atoms with E-state index in [1.54, 1.807) is 0 Å². The average Bonchev–Trinajstić information content (AvgIpc) is 2.30. The molecule has 1 heterocycles. The maximum absolute atomic E-state index is 11.8. The van der Waals surface area contributed by atoms with Crippen molar-refractivity contribution in [3.05, 3.63) is 0 Å². The van der Waals surface area contributed by atoms with Crippen molar-refractivity contribution in [1.29, 1.82) is 0 Å². The van der Waals surface area contributed by atoms with Crippen molar-refractivity contribution < 1.29 is 19.4 Å². The molecule has 92 valence electrons. The molecule has 2 N–H and O–H groups in total. The minimum atomic E-state index is -1.32. The number of carbonyl (C=O) groups is 2. The average molecular weight is 229 g/mol. The maximum atomic E-state index is 11.8. The normalized spacial score (nSPS) is 19.1. The smallest absolute Gasteiger partial charge is 0.323 e. The standard InChI is InChI=1S/C11H19NO4/c1-2-3-8-16-10(15)11(9(13)14)4-6-12-7-5-11/h12H,2-8H2,1H3,(H,13,14). The Morgan fingerprint density at radius 3 is 2.50 bits per heavy atom. The van der Waals surface area contributed by atoms with Crippen LogP contribution in [0.25, 0.3) is 0 Å². The Hall–Kier alpha value is -1.10. The molecule has 0 aromatic heterocycles. The molecule has 0 aromatic carbocycles. The van der Waals surface area contributed by atoms with Gasteiger partial charge in [0.2, 0.25) is 0 Å². The number of rotatable bonds is 5. The van der Waals surface area contributed by atoms with Crippen LogP contribution < -0.4 is 5.32 Å². The first-order chi connectivity index (χ1) is 7.63. The van der Waals surface area contributed by atoms with Gasteiger partial charge in [0.1, 0.15) is 0 Å². The zero-order valence-corrected chi connectivity index (χ0v) is 9.62. The summed E-state index contributed by atoms with van der Waals surface area (Å²) in [7, 11) is 0. The van der Waals surface area contributed by atoms with E-state index in [9.17, 15) is 14.7 Å². The molecule has 1 aliphatic heterocycles. The van der Waals surface area contributed by atoms with Gasteiger partial charge in [0, 0.05) is 0 Å². The van der Waals surface area contributed by atoms with Crippen molar-refractivity contribution in [3.8, 4) is 0 Å². The third-order valence-corrected chi connectivity index (χ3v) is 2.99. The fourth-order valence-electron chi connectivity index (χ4n) is 1.81. The van der Waals surface area contributed by atoms with Crippen LogP contribution in [0.5, 0.6) is 0 Å². The van der Waals surface area contributed by atoms with Crippen LogP contribution in [0.3, 0.4) is 0 Å². The predicted molar refractivity (Wildman–Crippen MR) is 58.0 cm³/mol. The second kappa shape index (κ2) is 5.84. The van der Waals surface area contributed by atoms with Crippen LogP contribution in [0.15, 0.2) is 0 Å². The minimum absolute atomic E-state index is 0.313. The van der Waals surface area contributed by atoms with Gasteiger partial charge in [-0.05, 0) is 32.4 Å². The molecule has 0 unspecified atom stereocenters. The first-order valence-electron chi connectivity index (χ1n) is 5.75. The highest BCUT2D eigenvalue weighted by molar-refractivity contribution is 5.99. The Kier molecular flexibility index (Phi) is 4.73. The van der Waals surface area contributed by atoms with Gasteiger partial charge < -0.3 is 15.2 Å². The number of carboxylic acid groups (broad SMARTS) is 1. The van der Waals surface area contributed by atoms with Gasteiger partial charge >= 0.3 is 11.9 Å². The lowest BCUT2D eigenvalue weighted by molar-refractivity contribution is -0.171. The van der Waals surface area contributed by atoms with Crippen molar-refractivity contribution in [2.75, 3.05) is 19.7 Å². The molecule has 1 aliphatic rings. The molecular formula is C11H19NO4. The minimum Gasteiger partial charge on any atom is -0.480 e. The molecule has 0 aliphatic carbocycles. The van der Waals surface area contributed by atoms with Crippen LogP contribution >= 0.6 is 0 Å². The summed E-state index contributed by atoms with van der Waals surface area (Å²) in [5.41, 5.74) is -1.32. The van der Waals surface area contributed by atoms with E-state index in [4.69, 9.17) is 4.74 Å². The summed E-state index contributed by atoms with van der Waals surface area (Å²) in [6.45, 7) is 3.41. The predicted octanol–water partition coefficient (Wildman–Crippen LogP) is 0.784. The van der Waals surface area contributed by atoms with E-state index in [-0.39, 0.29) is 0 Å². The monoisotopic (exact) mass is 229 g/mol. The fraction of sp³-hybridized carbons (Fsp3) is 0.818. The van der Waals surface area contributed by atoms with Crippen molar-refractivity contribution in [2.24, 2.45) is 5.41 Å². The van der Waals surface area contributed by atoms with E-state index < -0.39 is 17.4 Å². The SMILES string of the molecule is CCCCOC(=O)C1(C(=O)O)CCNCC1. The number of ether oxygens (including phenoxy) is 1. The van der Waals surface area contributed by atoms with Crippen LogP contribution in [0, 0.1) is 5.41 Å². The molecule has 5 heteroatoms. The second-order valence-electron chi connectivity index (χ2n) is 4.13. The van der Waals surface area contributed by atoms with Gasteiger partial charge in [0.15, 0.2) is 5.41 Å². The van der Waals surface area contributed by atoms with Crippen molar-refractivity contribution in [1.82, 2.24) is 5.32 Å². The highest BCUT2D eigenvalue weighted by atomic mass is 16.5. The fourth-order valence-corrected chi connectivity index (χ4v) is 1.81. The van der Waals surface area contributed by atoms with E-state index in [1.807, 2.05) is 6.92 Å². The molecule has 0 amide bonds. The molecule has 0 saturated carbocycles. The van der Waals surface area contributed by atoms with Gasteiger partial charge in [-0.3, -0.25) is 9.59 Å². The number of piperidine rings is 1. The summed E-state index contributed by atoms with van der Waals surface area (Å²) in [6.07, 6.45) is 2.33. The first kappa shape index (κ1) is 13.0. The summed E-state index contributed by atoms with van der Waals surface area (Å²) in [6, 6.07) is 0. The third-order valence-electron chi connectivity index (χ3n) is 2.99. The van der Waals surface area contributed by atoms with Gasteiger partial charge in [0.05, 0.1) is 6.61 Å². The van der Waals surface area contributed by atoms with Gasteiger partial charge in [-0.25, -0.2) is 0 Å². The van der Waals surface area contributed by atoms with Crippen molar-refractivity contribution >= 4 is 11.9 Å². The lowest BCUT2D eigenvalue weighted by atomic mass is 9.79. The molecule has 1 rings (SSSR count). The maximum Gasteiger partial charge on any atom is 0.323 e.